The zero-order valence-corrected chi connectivity index (χ0v) is 13.3. The number of hydrogen-bond donors (Lipinski definition) is 1. The molecule has 0 aromatic rings. The van der Waals surface area contributed by atoms with E-state index in [-0.39, 0.29) is 6.42 Å². The highest BCUT2D eigenvalue weighted by atomic mass is 16.6. The summed E-state index contributed by atoms with van der Waals surface area (Å²) in [6, 6.07) is 0. The fraction of sp³-hybridized carbons (Fsp3) is 0.722. The van der Waals surface area contributed by atoms with Crippen LogP contribution in [0.25, 0.3) is 0 Å². The molecule has 0 saturated carbocycles. The average Bonchev–Trinajstić information content (AvgIpc) is 3.20. The molecule has 1 saturated heterocycles. The smallest absolute Gasteiger partial charge is 0.307 e. The van der Waals surface area contributed by atoms with E-state index in [1.165, 1.54) is 32.1 Å². The first-order chi connectivity index (χ1) is 10.2. The highest BCUT2D eigenvalue weighted by molar-refractivity contribution is 5.68. The van der Waals surface area contributed by atoms with E-state index in [0.717, 1.165) is 25.7 Å². The lowest BCUT2D eigenvalue weighted by Crippen LogP contribution is -1.92. The van der Waals surface area contributed by atoms with Crippen LogP contribution in [0.2, 0.25) is 0 Å². The summed E-state index contributed by atoms with van der Waals surface area (Å²) in [5, 5.41) is 8.48. The van der Waals surface area contributed by atoms with Crippen LogP contribution in [0.5, 0.6) is 0 Å². The third kappa shape index (κ3) is 10.3. The van der Waals surface area contributed by atoms with E-state index in [9.17, 15) is 4.79 Å². The van der Waals surface area contributed by atoms with E-state index in [1.54, 1.807) is 6.08 Å². The molecule has 1 rings (SSSR count). The van der Waals surface area contributed by atoms with Crippen molar-refractivity contribution in [3.05, 3.63) is 24.3 Å². The Labute approximate surface area is 129 Å². The van der Waals surface area contributed by atoms with E-state index < -0.39 is 5.97 Å². The number of rotatable bonds is 13. The minimum atomic E-state index is -0.761. The van der Waals surface area contributed by atoms with Gasteiger partial charge in [0.25, 0.3) is 0 Å². The van der Waals surface area contributed by atoms with Gasteiger partial charge in [0, 0.05) is 0 Å². The van der Waals surface area contributed by atoms with Gasteiger partial charge in [-0.05, 0) is 38.5 Å². The van der Waals surface area contributed by atoms with Crippen LogP contribution in [0.1, 0.15) is 71.1 Å². The van der Waals surface area contributed by atoms with Crippen molar-refractivity contribution < 1.29 is 14.6 Å². The molecule has 1 aliphatic heterocycles. The van der Waals surface area contributed by atoms with Crippen LogP contribution in [-0.4, -0.2) is 23.3 Å². The summed E-state index contributed by atoms with van der Waals surface area (Å²) in [6.45, 7) is 2.23. The van der Waals surface area contributed by atoms with E-state index in [0.29, 0.717) is 12.2 Å². The van der Waals surface area contributed by atoms with Crippen molar-refractivity contribution in [2.45, 2.75) is 83.3 Å². The third-order valence-electron chi connectivity index (χ3n) is 3.77. The summed E-state index contributed by atoms with van der Waals surface area (Å²) in [5.41, 5.74) is 0. The van der Waals surface area contributed by atoms with Gasteiger partial charge in [-0.2, -0.15) is 0 Å². The average molecular weight is 294 g/mol. The molecule has 2 unspecified atom stereocenters. The first kappa shape index (κ1) is 18.0. The van der Waals surface area contributed by atoms with Gasteiger partial charge < -0.3 is 9.84 Å². The number of carboxylic acid groups (broad SMARTS) is 1. The molecule has 120 valence electrons. The molecule has 1 fully saturated rings. The predicted octanol–water partition coefficient (Wildman–Crippen LogP) is 4.87. The first-order valence-corrected chi connectivity index (χ1v) is 8.41. The van der Waals surface area contributed by atoms with Crippen LogP contribution in [0.3, 0.4) is 0 Å². The van der Waals surface area contributed by atoms with Crippen molar-refractivity contribution in [3.63, 3.8) is 0 Å². The first-order valence-electron chi connectivity index (χ1n) is 8.41. The van der Waals surface area contributed by atoms with Gasteiger partial charge in [-0.25, -0.2) is 0 Å². The molecule has 1 N–H and O–H groups in total. The summed E-state index contributed by atoms with van der Waals surface area (Å²) in [5.74, 6) is -0.761. The largest absolute Gasteiger partial charge is 0.481 e. The Kier molecular flexibility index (Phi) is 9.88. The molecule has 0 amide bonds. The Morgan fingerprint density at radius 2 is 1.71 bits per heavy atom. The normalized spacial score (nSPS) is 21.4. The number of ether oxygens (including phenoxy) is 1. The summed E-state index contributed by atoms with van der Waals surface area (Å²) >= 11 is 0. The molecule has 0 radical (unpaired) electrons. The monoisotopic (exact) mass is 294 g/mol. The second-order valence-electron chi connectivity index (χ2n) is 5.77. The van der Waals surface area contributed by atoms with E-state index in [2.05, 4.69) is 19.1 Å². The van der Waals surface area contributed by atoms with E-state index in [4.69, 9.17) is 9.84 Å². The Bertz CT molecular complexity index is 333. The fourth-order valence-corrected chi connectivity index (χ4v) is 2.41. The lowest BCUT2D eigenvalue weighted by Gasteiger charge is -1.95. The zero-order valence-electron chi connectivity index (χ0n) is 13.3. The van der Waals surface area contributed by atoms with Gasteiger partial charge in [0.05, 0.1) is 18.6 Å². The number of carbonyl (C=O) groups is 1. The molecular weight excluding hydrogens is 264 g/mol. The molecule has 1 aliphatic rings. The summed E-state index contributed by atoms with van der Waals surface area (Å²) in [6.07, 6.45) is 19.9. The minimum Gasteiger partial charge on any atom is -0.481 e. The number of unbranched alkanes of at least 4 members (excludes halogenated alkanes) is 5. The molecule has 21 heavy (non-hydrogen) atoms. The van der Waals surface area contributed by atoms with Crippen molar-refractivity contribution in [1.82, 2.24) is 0 Å². The molecule has 2 atom stereocenters. The second kappa shape index (κ2) is 11.6. The van der Waals surface area contributed by atoms with Gasteiger partial charge >= 0.3 is 5.97 Å². The topological polar surface area (TPSA) is 49.8 Å². The minimum absolute atomic E-state index is 0.137. The van der Waals surface area contributed by atoms with E-state index >= 15 is 0 Å². The Hall–Kier alpha value is -1.09. The summed E-state index contributed by atoms with van der Waals surface area (Å²) < 4.78 is 5.66. The van der Waals surface area contributed by atoms with Gasteiger partial charge in [0.15, 0.2) is 0 Å². The lowest BCUT2D eigenvalue weighted by molar-refractivity contribution is -0.136. The zero-order chi connectivity index (χ0) is 15.3. The Morgan fingerprint density at radius 1 is 1.00 bits per heavy atom. The molecule has 3 heteroatoms. The van der Waals surface area contributed by atoms with Crippen LogP contribution >= 0.6 is 0 Å². The maximum atomic E-state index is 10.3. The van der Waals surface area contributed by atoms with Crippen molar-refractivity contribution in [2.24, 2.45) is 0 Å². The van der Waals surface area contributed by atoms with Crippen molar-refractivity contribution in [2.75, 3.05) is 0 Å². The standard InChI is InChI=1S/C18H30O3/c1-2-3-4-5-7-10-13-16-17(21-16)14-11-8-6-9-12-15-18(19)20/h7,9-10,12,16-17H,2-6,8,11,13-15H2,1H3,(H,19,20)/b10-7-,12-9+. The van der Waals surface area contributed by atoms with Gasteiger partial charge in [0.2, 0.25) is 0 Å². The third-order valence-corrected chi connectivity index (χ3v) is 3.77. The maximum absolute atomic E-state index is 10.3. The number of allylic oxidation sites excluding steroid dienone is 2. The molecule has 1 heterocycles. The highest BCUT2D eigenvalue weighted by Gasteiger charge is 2.36. The van der Waals surface area contributed by atoms with Crippen LogP contribution in [-0.2, 0) is 9.53 Å². The van der Waals surface area contributed by atoms with Gasteiger partial charge in [-0.3, -0.25) is 4.79 Å². The van der Waals surface area contributed by atoms with Crippen LogP contribution in [0.15, 0.2) is 24.3 Å². The number of epoxide rings is 1. The molecule has 0 spiro atoms. The lowest BCUT2D eigenvalue weighted by atomic mass is 10.1. The second-order valence-corrected chi connectivity index (χ2v) is 5.77. The van der Waals surface area contributed by atoms with Crippen molar-refractivity contribution in [3.8, 4) is 0 Å². The van der Waals surface area contributed by atoms with Crippen LogP contribution < -0.4 is 0 Å². The molecule has 0 aromatic carbocycles. The fourth-order valence-electron chi connectivity index (χ4n) is 2.41. The molecular formula is C18H30O3. The number of carboxylic acids is 1. The SMILES string of the molecule is CCCCC/C=C\CC1OC1CCCC/C=C/CC(=O)O. The van der Waals surface area contributed by atoms with Crippen molar-refractivity contribution >= 4 is 5.97 Å². The summed E-state index contributed by atoms with van der Waals surface area (Å²) in [7, 11) is 0. The molecule has 3 nitrogen and oxygen atoms in total. The molecule has 0 bridgehead atoms. The van der Waals surface area contributed by atoms with Gasteiger partial charge in [-0.15, -0.1) is 0 Å². The van der Waals surface area contributed by atoms with Crippen LogP contribution in [0, 0.1) is 0 Å². The van der Waals surface area contributed by atoms with E-state index in [1.807, 2.05) is 6.08 Å². The Morgan fingerprint density at radius 3 is 2.43 bits per heavy atom. The number of hydrogen-bond acceptors (Lipinski definition) is 2. The van der Waals surface area contributed by atoms with Crippen molar-refractivity contribution in [1.29, 1.82) is 0 Å². The summed E-state index contributed by atoms with van der Waals surface area (Å²) in [4.78, 5) is 10.3. The predicted molar refractivity (Wildman–Crippen MR) is 86.4 cm³/mol. The van der Waals surface area contributed by atoms with Gasteiger partial charge in [0.1, 0.15) is 0 Å². The quantitative estimate of drug-likeness (QED) is 0.299. The maximum Gasteiger partial charge on any atom is 0.307 e. The molecule has 0 aromatic heterocycles. The Balaban J connectivity index is 1.88. The molecule has 0 aliphatic carbocycles. The van der Waals surface area contributed by atoms with Crippen LogP contribution in [0.4, 0.5) is 0 Å². The van der Waals surface area contributed by atoms with Gasteiger partial charge in [-0.1, -0.05) is 50.5 Å². The highest BCUT2D eigenvalue weighted by Crippen LogP contribution is 2.30. The number of aliphatic carboxylic acids is 1.